The Bertz CT molecular complexity index is 1220. The predicted octanol–water partition coefficient (Wildman–Crippen LogP) is 4.06. The lowest BCUT2D eigenvalue weighted by atomic mass is 9.64. The van der Waals surface area contributed by atoms with Gasteiger partial charge in [-0.1, -0.05) is 11.6 Å². The van der Waals surface area contributed by atoms with E-state index >= 15 is 0 Å². The van der Waals surface area contributed by atoms with Gasteiger partial charge in [0.05, 0.1) is 17.4 Å². The second-order valence-corrected chi connectivity index (χ2v) is 11.4. The van der Waals surface area contributed by atoms with Crippen LogP contribution in [0.25, 0.3) is 11.5 Å². The molecule has 4 atom stereocenters. The first-order chi connectivity index (χ1) is 18.0. The van der Waals surface area contributed by atoms with Gasteiger partial charge in [0.15, 0.2) is 17.3 Å². The summed E-state index contributed by atoms with van der Waals surface area (Å²) in [6, 6.07) is 4.63. The number of nitriles is 1. The Morgan fingerprint density at radius 1 is 1.16 bits per heavy atom. The van der Waals surface area contributed by atoms with Crippen molar-refractivity contribution in [2.75, 3.05) is 31.6 Å². The number of aromatic nitrogens is 3. The van der Waals surface area contributed by atoms with E-state index in [-0.39, 0.29) is 17.8 Å². The molecule has 0 bridgehead atoms. The Morgan fingerprint density at radius 2 is 2.03 bits per heavy atom. The molecular formula is C28H36N6O3. The largest absolute Gasteiger partial charge is 0.473 e. The van der Waals surface area contributed by atoms with E-state index in [1.807, 2.05) is 6.07 Å². The number of Topliss-reactive ketones (excluding diaryl/α,β-unsaturated/α-hetero) is 1. The highest BCUT2D eigenvalue weighted by molar-refractivity contribution is 5.91. The van der Waals surface area contributed by atoms with E-state index < -0.39 is 5.41 Å². The number of ether oxygens (including phenoxy) is 1. The van der Waals surface area contributed by atoms with Crippen molar-refractivity contribution < 1.29 is 14.1 Å². The number of likely N-dealkylation sites (tertiary alicyclic amines) is 1. The molecule has 0 N–H and O–H groups in total. The number of hydrogen-bond donors (Lipinski definition) is 0. The fraction of sp³-hybridized carbons (Fsp3) is 0.679. The fourth-order valence-electron chi connectivity index (χ4n) is 6.98. The van der Waals surface area contributed by atoms with Gasteiger partial charge in [-0.05, 0) is 71.9 Å². The first-order valence-electron chi connectivity index (χ1n) is 13.9. The molecule has 9 nitrogen and oxygen atoms in total. The SMILES string of the molecule is C[C@H](Oc1cc(N2CCC(C#N)C2)nc(-c2noc3c2CCC[C@@]32CCCCC2=O)n1)[C@@H]1CCCN1C. The van der Waals surface area contributed by atoms with Crippen LogP contribution in [0.1, 0.15) is 76.0 Å². The van der Waals surface area contributed by atoms with Gasteiger partial charge >= 0.3 is 0 Å². The monoisotopic (exact) mass is 504 g/mol. The number of carbonyl (C=O) groups excluding carboxylic acids is 1. The Labute approximate surface area is 218 Å². The molecule has 2 aromatic rings. The topological polar surface area (TPSA) is 108 Å². The third-order valence-electron chi connectivity index (χ3n) is 9.07. The van der Waals surface area contributed by atoms with E-state index in [0.717, 1.165) is 81.6 Å². The van der Waals surface area contributed by atoms with Crippen LogP contribution in [0.5, 0.6) is 5.88 Å². The molecule has 4 heterocycles. The molecule has 2 aromatic heterocycles. The van der Waals surface area contributed by atoms with Crippen molar-refractivity contribution in [3.05, 3.63) is 17.4 Å². The zero-order chi connectivity index (χ0) is 25.6. The first kappa shape index (κ1) is 24.4. The molecule has 6 rings (SSSR count). The molecule has 4 aliphatic rings. The first-order valence-corrected chi connectivity index (χ1v) is 13.9. The number of anilines is 1. The average molecular weight is 505 g/mol. The lowest BCUT2D eigenvalue weighted by Gasteiger charge is -2.36. The predicted molar refractivity (Wildman–Crippen MR) is 137 cm³/mol. The number of ketones is 1. The Hall–Kier alpha value is -2.99. The Kier molecular flexibility index (Phi) is 6.39. The van der Waals surface area contributed by atoms with Crippen LogP contribution in [-0.4, -0.2) is 64.6 Å². The molecule has 37 heavy (non-hydrogen) atoms. The molecule has 9 heteroatoms. The Morgan fingerprint density at radius 3 is 2.78 bits per heavy atom. The van der Waals surface area contributed by atoms with Gasteiger partial charge in [0.25, 0.3) is 0 Å². The summed E-state index contributed by atoms with van der Waals surface area (Å²) in [5.74, 6) is 2.76. The quantitative estimate of drug-likeness (QED) is 0.595. The minimum atomic E-state index is -0.537. The number of carbonyl (C=O) groups is 1. The molecule has 2 saturated heterocycles. The van der Waals surface area contributed by atoms with E-state index in [9.17, 15) is 10.1 Å². The standard InChI is InChI=1S/C28H36N6O3/c1-18(21-8-6-13-33(21)2)36-24-15-23(34-14-10-19(16-29)17-34)30-27(31-24)25-20-7-5-12-28(26(20)37-32-25)11-4-3-9-22(28)35/h15,18-19,21H,3-14,17H2,1-2H3/t18-,19?,21-,28+/m0/s1. The highest BCUT2D eigenvalue weighted by atomic mass is 16.5. The van der Waals surface area contributed by atoms with E-state index in [1.165, 1.54) is 6.42 Å². The maximum absolute atomic E-state index is 13.1. The van der Waals surface area contributed by atoms with E-state index in [4.69, 9.17) is 19.2 Å². The van der Waals surface area contributed by atoms with Crippen LogP contribution in [-0.2, 0) is 16.6 Å². The molecule has 1 saturated carbocycles. The number of rotatable bonds is 5. The highest BCUT2D eigenvalue weighted by Crippen LogP contribution is 2.47. The zero-order valence-electron chi connectivity index (χ0n) is 21.9. The minimum Gasteiger partial charge on any atom is -0.473 e. The van der Waals surface area contributed by atoms with Crippen LogP contribution in [0.4, 0.5) is 5.82 Å². The number of nitrogens with zero attached hydrogens (tertiary/aromatic N) is 6. The van der Waals surface area contributed by atoms with Crippen LogP contribution >= 0.6 is 0 Å². The summed E-state index contributed by atoms with van der Waals surface area (Å²) in [7, 11) is 2.14. The van der Waals surface area contributed by atoms with Crippen LogP contribution in [0, 0.1) is 17.2 Å². The Balaban J connectivity index is 1.38. The van der Waals surface area contributed by atoms with Gasteiger partial charge in [-0.25, -0.2) is 4.98 Å². The molecule has 0 aromatic carbocycles. The van der Waals surface area contributed by atoms with Gasteiger partial charge in [-0.3, -0.25) is 9.69 Å². The number of hydrogen-bond acceptors (Lipinski definition) is 9. The van der Waals surface area contributed by atoms with Crippen molar-refractivity contribution >= 4 is 11.6 Å². The van der Waals surface area contributed by atoms with Crippen molar-refractivity contribution in [1.29, 1.82) is 5.26 Å². The third kappa shape index (κ3) is 4.29. The second kappa shape index (κ2) is 9.71. The molecule has 1 spiro atoms. The molecule has 1 unspecified atom stereocenters. The smallest absolute Gasteiger partial charge is 0.219 e. The van der Waals surface area contributed by atoms with Gasteiger partial charge in [0.1, 0.15) is 17.7 Å². The summed E-state index contributed by atoms with van der Waals surface area (Å²) in [6.07, 6.45) is 9.06. The molecule has 0 amide bonds. The summed E-state index contributed by atoms with van der Waals surface area (Å²) in [4.78, 5) is 27.3. The van der Waals surface area contributed by atoms with Crippen molar-refractivity contribution in [3.63, 3.8) is 0 Å². The van der Waals surface area contributed by atoms with Gasteiger partial charge in [0, 0.05) is 37.2 Å². The van der Waals surface area contributed by atoms with Crippen molar-refractivity contribution in [2.24, 2.45) is 5.92 Å². The molecule has 2 aliphatic carbocycles. The number of fused-ring (bicyclic) bond motifs is 2. The summed E-state index contributed by atoms with van der Waals surface area (Å²) in [5, 5.41) is 13.9. The number of likely N-dealkylation sites (N-methyl/N-ethyl adjacent to an activating group) is 1. The van der Waals surface area contributed by atoms with E-state index in [2.05, 4.69) is 35.0 Å². The lowest BCUT2D eigenvalue weighted by Crippen LogP contribution is -2.41. The lowest BCUT2D eigenvalue weighted by molar-refractivity contribution is -0.128. The van der Waals surface area contributed by atoms with Crippen molar-refractivity contribution in [1.82, 2.24) is 20.0 Å². The van der Waals surface area contributed by atoms with Crippen LogP contribution in [0.2, 0.25) is 0 Å². The molecule has 0 radical (unpaired) electrons. The van der Waals surface area contributed by atoms with Crippen molar-refractivity contribution in [3.8, 4) is 23.5 Å². The van der Waals surface area contributed by atoms with Crippen LogP contribution in [0.3, 0.4) is 0 Å². The van der Waals surface area contributed by atoms with Gasteiger partial charge in [-0.2, -0.15) is 10.2 Å². The molecule has 196 valence electrons. The van der Waals surface area contributed by atoms with Crippen LogP contribution in [0.15, 0.2) is 10.6 Å². The third-order valence-corrected chi connectivity index (χ3v) is 9.07. The summed E-state index contributed by atoms with van der Waals surface area (Å²) in [6.45, 7) is 4.59. The maximum Gasteiger partial charge on any atom is 0.219 e. The normalized spacial score (nSPS) is 28.9. The molecule has 2 aliphatic heterocycles. The van der Waals surface area contributed by atoms with E-state index in [1.54, 1.807) is 0 Å². The van der Waals surface area contributed by atoms with Gasteiger partial charge < -0.3 is 14.2 Å². The maximum atomic E-state index is 13.1. The minimum absolute atomic E-state index is 0.00849. The summed E-state index contributed by atoms with van der Waals surface area (Å²) >= 11 is 0. The fourth-order valence-corrected chi connectivity index (χ4v) is 6.98. The van der Waals surface area contributed by atoms with Crippen molar-refractivity contribution in [2.45, 2.75) is 88.7 Å². The van der Waals surface area contributed by atoms with E-state index in [0.29, 0.717) is 36.4 Å². The van der Waals surface area contributed by atoms with Gasteiger partial charge in [0.2, 0.25) is 5.88 Å². The molecular weight excluding hydrogens is 468 g/mol. The van der Waals surface area contributed by atoms with Gasteiger partial charge in [-0.15, -0.1) is 0 Å². The zero-order valence-corrected chi connectivity index (χ0v) is 21.9. The average Bonchev–Trinajstić information content (AvgIpc) is 3.65. The molecule has 3 fully saturated rings. The van der Waals surface area contributed by atoms with Crippen LogP contribution < -0.4 is 9.64 Å². The summed E-state index contributed by atoms with van der Waals surface area (Å²) in [5.41, 5.74) is 1.07. The highest BCUT2D eigenvalue weighted by Gasteiger charge is 2.48. The second-order valence-electron chi connectivity index (χ2n) is 11.4. The summed E-state index contributed by atoms with van der Waals surface area (Å²) < 4.78 is 12.4.